The first-order chi connectivity index (χ1) is 9.06. The SMILES string of the molecule is Cc1cnc(CNC(=O)c2cc(S)ccc2C)cn1. The van der Waals surface area contributed by atoms with Gasteiger partial charge in [-0.15, -0.1) is 12.6 Å². The van der Waals surface area contributed by atoms with Crippen molar-refractivity contribution in [2.24, 2.45) is 0 Å². The minimum Gasteiger partial charge on any atom is -0.346 e. The molecule has 0 bridgehead atoms. The molecule has 98 valence electrons. The van der Waals surface area contributed by atoms with Crippen LogP contribution in [-0.4, -0.2) is 15.9 Å². The number of thiol groups is 1. The summed E-state index contributed by atoms with van der Waals surface area (Å²) in [6.07, 6.45) is 3.35. The minimum atomic E-state index is -0.129. The van der Waals surface area contributed by atoms with Crippen molar-refractivity contribution in [2.75, 3.05) is 0 Å². The highest BCUT2D eigenvalue weighted by atomic mass is 32.1. The molecule has 4 nitrogen and oxygen atoms in total. The Bertz CT molecular complexity index is 596. The lowest BCUT2D eigenvalue weighted by atomic mass is 10.1. The van der Waals surface area contributed by atoms with Crippen molar-refractivity contribution in [3.8, 4) is 0 Å². The van der Waals surface area contributed by atoms with E-state index in [1.165, 1.54) is 0 Å². The van der Waals surface area contributed by atoms with Gasteiger partial charge in [0.15, 0.2) is 0 Å². The predicted octanol–water partition coefficient (Wildman–Crippen LogP) is 2.31. The summed E-state index contributed by atoms with van der Waals surface area (Å²) in [6, 6.07) is 5.50. The molecule has 1 amide bonds. The zero-order chi connectivity index (χ0) is 13.8. The van der Waals surface area contributed by atoms with E-state index in [-0.39, 0.29) is 5.91 Å². The average Bonchev–Trinajstić information content (AvgIpc) is 2.40. The molecule has 0 spiro atoms. The molecule has 0 aliphatic carbocycles. The highest BCUT2D eigenvalue weighted by Crippen LogP contribution is 2.14. The lowest BCUT2D eigenvalue weighted by Gasteiger charge is -2.08. The van der Waals surface area contributed by atoms with Gasteiger partial charge in [0, 0.05) is 16.7 Å². The van der Waals surface area contributed by atoms with E-state index in [1.807, 2.05) is 26.0 Å². The van der Waals surface area contributed by atoms with E-state index >= 15 is 0 Å². The van der Waals surface area contributed by atoms with Crippen molar-refractivity contribution in [2.45, 2.75) is 25.3 Å². The van der Waals surface area contributed by atoms with Gasteiger partial charge in [0.25, 0.3) is 5.91 Å². The Labute approximate surface area is 117 Å². The Balaban J connectivity index is 2.05. The molecule has 0 fully saturated rings. The highest BCUT2D eigenvalue weighted by molar-refractivity contribution is 7.80. The predicted molar refractivity (Wildman–Crippen MR) is 76.4 cm³/mol. The first-order valence-electron chi connectivity index (χ1n) is 5.91. The summed E-state index contributed by atoms with van der Waals surface area (Å²) < 4.78 is 0. The molecule has 2 rings (SSSR count). The Morgan fingerprint density at radius 1 is 1.26 bits per heavy atom. The topological polar surface area (TPSA) is 54.9 Å². The molecular weight excluding hydrogens is 258 g/mol. The van der Waals surface area contributed by atoms with E-state index in [4.69, 9.17) is 0 Å². The average molecular weight is 273 g/mol. The number of benzene rings is 1. The van der Waals surface area contributed by atoms with Gasteiger partial charge in [-0.3, -0.25) is 14.8 Å². The smallest absolute Gasteiger partial charge is 0.251 e. The van der Waals surface area contributed by atoms with Crippen LogP contribution in [-0.2, 0) is 6.54 Å². The number of hydrogen-bond donors (Lipinski definition) is 2. The van der Waals surface area contributed by atoms with Crippen molar-refractivity contribution >= 4 is 18.5 Å². The third-order valence-corrected chi connectivity index (χ3v) is 3.01. The first kappa shape index (κ1) is 13.5. The molecule has 2 aromatic rings. The van der Waals surface area contributed by atoms with Crippen LogP contribution in [0.2, 0.25) is 0 Å². The maximum Gasteiger partial charge on any atom is 0.251 e. The number of amides is 1. The third kappa shape index (κ3) is 3.54. The van der Waals surface area contributed by atoms with Crippen LogP contribution < -0.4 is 5.32 Å². The number of nitrogens with one attached hydrogen (secondary N) is 1. The van der Waals surface area contributed by atoms with Gasteiger partial charge in [-0.05, 0) is 31.5 Å². The van der Waals surface area contributed by atoms with Crippen LogP contribution in [0.3, 0.4) is 0 Å². The Hall–Kier alpha value is -1.88. The summed E-state index contributed by atoms with van der Waals surface area (Å²) in [5.74, 6) is -0.129. The monoisotopic (exact) mass is 273 g/mol. The third-order valence-electron chi connectivity index (χ3n) is 2.73. The van der Waals surface area contributed by atoms with Gasteiger partial charge in [-0.25, -0.2) is 0 Å². The van der Waals surface area contributed by atoms with Crippen molar-refractivity contribution in [3.05, 3.63) is 53.1 Å². The number of aryl methyl sites for hydroxylation is 2. The van der Waals surface area contributed by atoms with Crippen LogP contribution in [0.1, 0.15) is 27.3 Å². The summed E-state index contributed by atoms with van der Waals surface area (Å²) in [6.45, 7) is 4.13. The largest absolute Gasteiger partial charge is 0.346 e. The van der Waals surface area contributed by atoms with E-state index in [0.717, 1.165) is 21.8 Å². The molecule has 0 saturated carbocycles. The van der Waals surface area contributed by atoms with Crippen molar-refractivity contribution < 1.29 is 4.79 Å². The van der Waals surface area contributed by atoms with Gasteiger partial charge < -0.3 is 5.32 Å². The summed E-state index contributed by atoms with van der Waals surface area (Å²) in [5, 5.41) is 2.83. The van der Waals surface area contributed by atoms with Crippen LogP contribution in [0.4, 0.5) is 0 Å². The fourth-order valence-electron chi connectivity index (χ4n) is 1.63. The van der Waals surface area contributed by atoms with Gasteiger partial charge in [0.1, 0.15) is 0 Å². The molecule has 1 heterocycles. The minimum absolute atomic E-state index is 0.129. The Morgan fingerprint density at radius 2 is 2.05 bits per heavy atom. The van der Waals surface area contributed by atoms with Gasteiger partial charge in [0.2, 0.25) is 0 Å². The number of carbonyl (C=O) groups is 1. The second-order valence-corrected chi connectivity index (χ2v) is 4.85. The molecule has 0 radical (unpaired) electrons. The molecule has 1 aromatic heterocycles. The van der Waals surface area contributed by atoms with E-state index in [0.29, 0.717) is 12.1 Å². The number of carbonyl (C=O) groups excluding carboxylic acids is 1. The second-order valence-electron chi connectivity index (χ2n) is 4.33. The Kier molecular flexibility index (Phi) is 4.16. The molecule has 1 N–H and O–H groups in total. The molecule has 0 saturated heterocycles. The molecular formula is C14H15N3OS. The number of hydrogen-bond acceptors (Lipinski definition) is 4. The summed E-state index contributed by atoms with van der Waals surface area (Å²) in [5.41, 5.74) is 3.14. The summed E-state index contributed by atoms with van der Waals surface area (Å²) in [4.78, 5) is 21.2. The van der Waals surface area contributed by atoms with E-state index in [2.05, 4.69) is 27.9 Å². The van der Waals surface area contributed by atoms with E-state index < -0.39 is 0 Å². The molecule has 0 unspecified atom stereocenters. The number of rotatable bonds is 3. The van der Waals surface area contributed by atoms with Crippen molar-refractivity contribution in [1.82, 2.24) is 15.3 Å². The molecule has 0 aliphatic heterocycles. The summed E-state index contributed by atoms with van der Waals surface area (Å²) in [7, 11) is 0. The fraction of sp³-hybridized carbons (Fsp3) is 0.214. The highest BCUT2D eigenvalue weighted by Gasteiger charge is 2.09. The Morgan fingerprint density at radius 3 is 2.74 bits per heavy atom. The second kappa shape index (κ2) is 5.84. The normalized spacial score (nSPS) is 10.3. The lowest BCUT2D eigenvalue weighted by molar-refractivity contribution is 0.0949. The maximum atomic E-state index is 12.1. The zero-order valence-corrected chi connectivity index (χ0v) is 11.7. The first-order valence-corrected chi connectivity index (χ1v) is 6.36. The van der Waals surface area contributed by atoms with E-state index in [9.17, 15) is 4.79 Å². The van der Waals surface area contributed by atoms with Gasteiger partial charge in [0.05, 0.1) is 24.1 Å². The van der Waals surface area contributed by atoms with Crippen LogP contribution in [0.15, 0.2) is 35.5 Å². The molecule has 1 aromatic carbocycles. The molecule has 19 heavy (non-hydrogen) atoms. The molecule has 5 heteroatoms. The standard InChI is InChI=1S/C14H15N3OS/c1-9-3-4-12(19)5-13(9)14(18)17-8-11-7-15-10(2)6-16-11/h3-7,19H,8H2,1-2H3,(H,17,18). The quantitative estimate of drug-likeness (QED) is 0.844. The van der Waals surface area contributed by atoms with Gasteiger partial charge >= 0.3 is 0 Å². The van der Waals surface area contributed by atoms with Crippen LogP contribution in [0.5, 0.6) is 0 Å². The van der Waals surface area contributed by atoms with Crippen LogP contribution in [0, 0.1) is 13.8 Å². The van der Waals surface area contributed by atoms with Gasteiger partial charge in [-0.2, -0.15) is 0 Å². The van der Waals surface area contributed by atoms with Gasteiger partial charge in [-0.1, -0.05) is 6.07 Å². The zero-order valence-electron chi connectivity index (χ0n) is 10.8. The van der Waals surface area contributed by atoms with Crippen LogP contribution >= 0.6 is 12.6 Å². The van der Waals surface area contributed by atoms with Crippen molar-refractivity contribution in [3.63, 3.8) is 0 Å². The maximum absolute atomic E-state index is 12.1. The molecule has 0 aliphatic rings. The van der Waals surface area contributed by atoms with E-state index in [1.54, 1.807) is 18.5 Å². The molecule has 0 atom stereocenters. The van der Waals surface area contributed by atoms with Crippen LogP contribution in [0.25, 0.3) is 0 Å². The van der Waals surface area contributed by atoms with Crippen molar-refractivity contribution in [1.29, 1.82) is 0 Å². The summed E-state index contributed by atoms with van der Waals surface area (Å²) >= 11 is 4.24. The fourth-order valence-corrected chi connectivity index (χ4v) is 1.83. The lowest BCUT2D eigenvalue weighted by Crippen LogP contribution is -2.24. The number of aromatic nitrogens is 2. The number of nitrogens with zero attached hydrogens (tertiary/aromatic N) is 2.